The number of rotatable bonds is 5. The van der Waals surface area contributed by atoms with Crippen LogP contribution in [-0.4, -0.2) is 57.1 Å². The van der Waals surface area contributed by atoms with Gasteiger partial charge in [0.1, 0.15) is 0 Å². The Morgan fingerprint density at radius 1 is 1.00 bits per heavy atom. The van der Waals surface area contributed by atoms with Gasteiger partial charge < -0.3 is 10.0 Å². The lowest BCUT2D eigenvalue weighted by Crippen LogP contribution is -2.84. The van der Waals surface area contributed by atoms with Gasteiger partial charge in [-0.3, -0.25) is 14.7 Å². The Kier molecular flexibility index (Phi) is 4.85. The zero-order chi connectivity index (χ0) is 20.6. The van der Waals surface area contributed by atoms with Crippen molar-refractivity contribution < 1.29 is 9.90 Å². The van der Waals surface area contributed by atoms with E-state index in [0.29, 0.717) is 13.1 Å². The van der Waals surface area contributed by atoms with E-state index in [4.69, 9.17) is 0 Å². The van der Waals surface area contributed by atoms with Crippen LogP contribution in [0.2, 0.25) is 0 Å². The normalized spacial score (nSPS) is 22.4. The lowest BCUT2D eigenvalue weighted by Gasteiger charge is -2.70. The van der Waals surface area contributed by atoms with Crippen molar-refractivity contribution in [2.75, 3.05) is 19.7 Å². The zero-order valence-corrected chi connectivity index (χ0v) is 16.8. The largest absolute Gasteiger partial charge is 0.395 e. The molecule has 3 aromatic rings. The van der Waals surface area contributed by atoms with Crippen molar-refractivity contribution in [3.63, 3.8) is 0 Å². The molecule has 0 unspecified atom stereocenters. The van der Waals surface area contributed by atoms with E-state index in [0.717, 1.165) is 17.7 Å². The van der Waals surface area contributed by atoms with Crippen molar-refractivity contribution in [1.29, 1.82) is 0 Å². The van der Waals surface area contributed by atoms with Gasteiger partial charge in [0.05, 0.1) is 12.1 Å². The van der Waals surface area contributed by atoms with Crippen LogP contribution in [-0.2, 0) is 6.54 Å². The van der Waals surface area contributed by atoms with Crippen molar-refractivity contribution in [1.82, 2.24) is 14.8 Å². The molecule has 2 atom stereocenters. The average Bonchev–Trinajstić information content (AvgIpc) is 2.77. The molecule has 2 aromatic carbocycles. The molecule has 1 amide bonds. The summed E-state index contributed by atoms with van der Waals surface area (Å²) in [6, 6.07) is 23.9. The molecule has 5 nitrogen and oxygen atoms in total. The number of aliphatic hydroxyl groups is 1. The summed E-state index contributed by atoms with van der Waals surface area (Å²) in [5.41, 5.74) is 2.91. The molecular formula is C25H25N3O2. The molecule has 2 aliphatic heterocycles. The summed E-state index contributed by atoms with van der Waals surface area (Å²) in [6.07, 6.45) is 3.65. The number of carbonyl (C=O) groups is 1. The van der Waals surface area contributed by atoms with Crippen LogP contribution >= 0.6 is 0 Å². The van der Waals surface area contributed by atoms with Crippen LogP contribution < -0.4 is 0 Å². The van der Waals surface area contributed by atoms with Crippen LogP contribution in [0.5, 0.6) is 0 Å². The summed E-state index contributed by atoms with van der Waals surface area (Å²) >= 11 is 0. The summed E-state index contributed by atoms with van der Waals surface area (Å²) in [5, 5.41) is 10.2. The maximum atomic E-state index is 13.0. The highest BCUT2D eigenvalue weighted by atomic mass is 16.3. The van der Waals surface area contributed by atoms with Crippen LogP contribution in [0, 0.1) is 0 Å². The van der Waals surface area contributed by atoms with E-state index in [2.05, 4.69) is 28.1 Å². The van der Waals surface area contributed by atoms with Gasteiger partial charge in [0.25, 0.3) is 5.91 Å². The number of nitrogens with zero attached hydrogens (tertiary/aromatic N) is 3. The Labute approximate surface area is 176 Å². The highest BCUT2D eigenvalue weighted by Crippen LogP contribution is 2.54. The molecule has 0 bridgehead atoms. The predicted octanol–water partition coefficient (Wildman–Crippen LogP) is 2.94. The van der Waals surface area contributed by atoms with Crippen LogP contribution in [0.25, 0.3) is 0 Å². The summed E-state index contributed by atoms with van der Waals surface area (Å²) in [4.78, 5) is 21.5. The Balaban J connectivity index is 1.43. The van der Waals surface area contributed by atoms with Crippen molar-refractivity contribution in [2.24, 2.45) is 0 Å². The molecule has 5 heteroatoms. The molecule has 3 heterocycles. The fourth-order valence-corrected chi connectivity index (χ4v) is 5.22. The monoisotopic (exact) mass is 399 g/mol. The van der Waals surface area contributed by atoms with Crippen molar-refractivity contribution in [2.45, 2.75) is 24.0 Å². The van der Waals surface area contributed by atoms with Gasteiger partial charge in [-0.25, -0.2) is 0 Å². The third-order valence-corrected chi connectivity index (χ3v) is 6.59. The molecule has 2 fully saturated rings. The first-order valence-electron chi connectivity index (χ1n) is 10.4. The van der Waals surface area contributed by atoms with Crippen LogP contribution in [0.4, 0.5) is 0 Å². The highest BCUT2D eigenvalue weighted by Gasteiger charge is 2.66. The molecule has 2 aliphatic rings. The molecule has 1 spiro atoms. The number of aliphatic hydroxyl groups excluding tert-OH is 1. The number of carbonyl (C=O) groups excluding carboxylic acids is 1. The number of pyridine rings is 1. The van der Waals surface area contributed by atoms with Gasteiger partial charge in [0, 0.05) is 49.6 Å². The van der Waals surface area contributed by atoms with Gasteiger partial charge in [0.15, 0.2) is 0 Å². The van der Waals surface area contributed by atoms with E-state index < -0.39 is 0 Å². The van der Waals surface area contributed by atoms with E-state index >= 15 is 0 Å². The maximum Gasteiger partial charge on any atom is 0.253 e. The number of likely N-dealkylation sites (tertiary alicyclic amines) is 2. The highest BCUT2D eigenvalue weighted by molar-refractivity contribution is 5.95. The van der Waals surface area contributed by atoms with Crippen molar-refractivity contribution in [3.05, 3.63) is 102 Å². The minimum Gasteiger partial charge on any atom is -0.395 e. The molecule has 0 radical (unpaired) electrons. The van der Waals surface area contributed by atoms with Gasteiger partial charge in [-0.05, 0) is 29.3 Å². The molecule has 5 rings (SSSR count). The molecule has 1 aromatic heterocycles. The summed E-state index contributed by atoms with van der Waals surface area (Å²) in [5.74, 6) is 0.266. The van der Waals surface area contributed by atoms with Gasteiger partial charge in [-0.15, -0.1) is 0 Å². The quantitative estimate of drug-likeness (QED) is 0.717. The topological polar surface area (TPSA) is 56.7 Å². The maximum absolute atomic E-state index is 13.0. The Bertz CT molecular complexity index is 1000. The minimum absolute atomic E-state index is 0.0292. The van der Waals surface area contributed by atoms with Gasteiger partial charge >= 0.3 is 0 Å². The number of aromatic nitrogens is 1. The average molecular weight is 399 g/mol. The number of amides is 1. The van der Waals surface area contributed by atoms with E-state index in [9.17, 15) is 9.90 Å². The van der Waals surface area contributed by atoms with E-state index in [1.807, 2.05) is 65.7 Å². The minimum atomic E-state index is -0.158. The first-order valence-corrected chi connectivity index (χ1v) is 10.4. The molecule has 0 aliphatic carbocycles. The second-order valence-electron chi connectivity index (χ2n) is 8.26. The van der Waals surface area contributed by atoms with Crippen molar-refractivity contribution in [3.8, 4) is 0 Å². The first-order chi connectivity index (χ1) is 14.7. The molecule has 152 valence electrons. The molecule has 1 N–H and O–H groups in total. The van der Waals surface area contributed by atoms with Gasteiger partial charge in [-0.1, -0.05) is 54.6 Å². The van der Waals surface area contributed by atoms with Crippen LogP contribution in [0.3, 0.4) is 0 Å². The Morgan fingerprint density at radius 3 is 2.33 bits per heavy atom. The smallest absolute Gasteiger partial charge is 0.253 e. The third kappa shape index (κ3) is 3.02. The van der Waals surface area contributed by atoms with Crippen molar-refractivity contribution >= 4 is 5.91 Å². The summed E-state index contributed by atoms with van der Waals surface area (Å²) in [6.45, 7) is 2.14. The molecular weight excluding hydrogens is 374 g/mol. The fraction of sp³-hybridized carbons (Fsp3) is 0.280. The van der Waals surface area contributed by atoms with E-state index in [1.54, 1.807) is 6.20 Å². The lowest BCUT2D eigenvalue weighted by molar-refractivity contribution is -0.184. The summed E-state index contributed by atoms with van der Waals surface area (Å²) in [7, 11) is 0. The van der Waals surface area contributed by atoms with Gasteiger partial charge in [0.2, 0.25) is 0 Å². The number of benzene rings is 2. The summed E-state index contributed by atoms with van der Waals surface area (Å²) < 4.78 is 0. The lowest BCUT2D eigenvalue weighted by atomic mass is 9.60. The predicted molar refractivity (Wildman–Crippen MR) is 115 cm³/mol. The first kappa shape index (κ1) is 19.0. The number of hydrogen-bond donors (Lipinski definition) is 1. The second kappa shape index (κ2) is 7.67. The molecule has 2 saturated heterocycles. The Morgan fingerprint density at radius 2 is 1.70 bits per heavy atom. The zero-order valence-electron chi connectivity index (χ0n) is 16.8. The Hall–Kier alpha value is -3.02. The van der Waals surface area contributed by atoms with Crippen LogP contribution in [0.15, 0.2) is 85.2 Å². The SMILES string of the molecule is O=C(c1ccccc1)N1CC2(C1)[C@@H](c1ccccc1)[C@@H](CO)N2Cc1cccnc1. The third-order valence-electron chi connectivity index (χ3n) is 6.59. The standard InChI is InChI=1S/C25H25N3O2/c29-16-22-23(20-9-3-1-4-10-20)25(28(22)15-19-8-7-13-26-14-19)17-27(18-25)24(30)21-11-5-2-6-12-21/h1-14,22-23,29H,15-18H2/t22-,23+/m1/s1. The molecule has 0 saturated carbocycles. The number of hydrogen-bond acceptors (Lipinski definition) is 4. The van der Waals surface area contributed by atoms with Crippen LogP contribution in [0.1, 0.15) is 27.4 Å². The van der Waals surface area contributed by atoms with E-state index in [-0.39, 0.29) is 30.0 Å². The molecule has 30 heavy (non-hydrogen) atoms. The fourth-order valence-electron chi connectivity index (χ4n) is 5.22. The van der Waals surface area contributed by atoms with E-state index in [1.165, 1.54) is 5.56 Å². The van der Waals surface area contributed by atoms with Gasteiger partial charge in [-0.2, -0.15) is 0 Å². The second-order valence-corrected chi connectivity index (χ2v) is 8.26.